The molecule has 0 bridgehead atoms. The Morgan fingerprint density at radius 3 is 2.33 bits per heavy atom. The van der Waals surface area contributed by atoms with Gasteiger partial charge >= 0.3 is 5.97 Å². The fraction of sp³-hybridized carbons (Fsp3) is 0.143. The average Bonchev–Trinajstić information content (AvgIpc) is 3.34. The molecule has 0 saturated heterocycles. The number of esters is 1. The number of rotatable bonds is 7. The maximum Gasteiger partial charge on any atom is 0.310 e. The first kappa shape index (κ1) is 28.1. The number of hydrogen-bond acceptors (Lipinski definition) is 6. The number of fused-ring (bicyclic) bond motifs is 1. The van der Waals surface area contributed by atoms with Gasteiger partial charge in [0.25, 0.3) is 5.56 Å². The van der Waals surface area contributed by atoms with Gasteiger partial charge in [-0.1, -0.05) is 78.3 Å². The molecule has 8 heteroatoms. The van der Waals surface area contributed by atoms with Crippen molar-refractivity contribution in [3.8, 4) is 39.1 Å². The van der Waals surface area contributed by atoms with Crippen LogP contribution < -0.4 is 5.56 Å². The lowest BCUT2D eigenvalue weighted by molar-refractivity contribution is -0.147. The number of H-pyrrole nitrogens is 1. The van der Waals surface area contributed by atoms with E-state index in [1.54, 1.807) is 38.1 Å². The Kier molecular flexibility index (Phi) is 7.42. The van der Waals surface area contributed by atoms with Gasteiger partial charge in [0, 0.05) is 36.1 Å². The second-order valence-corrected chi connectivity index (χ2v) is 11.2. The second kappa shape index (κ2) is 11.3. The number of nitrogens with one attached hydrogen (secondary N) is 1. The van der Waals surface area contributed by atoms with Crippen LogP contribution in [0, 0.1) is 0 Å². The van der Waals surface area contributed by atoms with Crippen molar-refractivity contribution < 1.29 is 24.1 Å². The number of benzene rings is 4. The molecule has 0 amide bonds. The van der Waals surface area contributed by atoms with Crippen LogP contribution in [0.4, 0.5) is 0 Å². The van der Waals surface area contributed by atoms with E-state index in [9.17, 15) is 14.7 Å². The zero-order valence-corrected chi connectivity index (χ0v) is 24.3. The first-order valence-corrected chi connectivity index (χ1v) is 14.1. The van der Waals surface area contributed by atoms with E-state index in [2.05, 4.69) is 4.98 Å². The SMILES string of the molecule is CC1(C)OC=C(COC(=O)Cc2cccc(-c3cc4cc(-c5ccc(-c6ccccc6O)cc5)c(Cl)cc4[nH]c3=O)c2)O1. The molecular formula is C35H28ClNO6. The van der Waals surface area contributed by atoms with Crippen molar-refractivity contribution in [2.75, 3.05) is 6.61 Å². The van der Waals surface area contributed by atoms with Gasteiger partial charge in [-0.25, -0.2) is 0 Å². The van der Waals surface area contributed by atoms with Crippen LogP contribution in [0.1, 0.15) is 19.4 Å². The number of hydrogen-bond donors (Lipinski definition) is 2. The van der Waals surface area contributed by atoms with Gasteiger partial charge in [-0.05, 0) is 51.9 Å². The van der Waals surface area contributed by atoms with Gasteiger partial charge in [-0.2, -0.15) is 0 Å². The number of aromatic nitrogens is 1. The average molecular weight is 594 g/mol. The summed E-state index contributed by atoms with van der Waals surface area (Å²) >= 11 is 6.66. The van der Waals surface area contributed by atoms with Gasteiger partial charge in [0.15, 0.2) is 12.4 Å². The van der Waals surface area contributed by atoms with Crippen LogP contribution in [-0.4, -0.2) is 28.5 Å². The maximum atomic E-state index is 13.1. The highest BCUT2D eigenvalue weighted by Gasteiger charge is 2.28. The Labute approximate surface area is 252 Å². The maximum absolute atomic E-state index is 13.1. The number of carbonyl (C=O) groups is 1. The van der Waals surface area contributed by atoms with E-state index >= 15 is 0 Å². The molecular weight excluding hydrogens is 566 g/mol. The molecule has 4 aromatic carbocycles. The van der Waals surface area contributed by atoms with Crippen molar-refractivity contribution in [2.24, 2.45) is 0 Å². The molecule has 1 aromatic heterocycles. The first-order chi connectivity index (χ1) is 20.6. The molecule has 43 heavy (non-hydrogen) atoms. The topological polar surface area (TPSA) is 97.9 Å². The summed E-state index contributed by atoms with van der Waals surface area (Å²) in [5, 5.41) is 11.5. The standard InChI is InChI=1S/C35H28ClNO6/c1-35(2)42-20-26(43-35)19-41-33(39)15-21-6-5-7-24(14-21)29-17-25-16-28(30(36)18-31(25)37-34(29)40)23-12-10-22(11-13-23)27-8-3-4-9-32(27)38/h3-14,16-18,20,38H,15,19H2,1-2H3,(H,37,40). The second-order valence-electron chi connectivity index (χ2n) is 10.8. The monoisotopic (exact) mass is 593 g/mol. The van der Waals surface area contributed by atoms with E-state index in [0.29, 0.717) is 33.0 Å². The Hall–Kier alpha value is -5.01. The van der Waals surface area contributed by atoms with Crippen LogP contribution >= 0.6 is 11.6 Å². The van der Waals surface area contributed by atoms with E-state index in [0.717, 1.165) is 27.6 Å². The summed E-state index contributed by atoms with van der Waals surface area (Å²) in [5.41, 5.74) is 5.53. The minimum Gasteiger partial charge on any atom is -0.507 e. The molecule has 1 aliphatic heterocycles. The van der Waals surface area contributed by atoms with Crippen molar-refractivity contribution in [3.63, 3.8) is 0 Å². The molecule has 0 aliphatic carbocycles. The number of phenolic OH excluding ortho intramolecular Hbond substituents is 1. The first-order valence-electron chi connectivity index (χ1n) is 13.7. The van der Waals surface area contributed by atoms with Gasteiger partial charge in [-0.15, -0.1) is 0 Å². The molecule has 0 unspecified atom stereocenters. The predicted molar refractivity (Wildman–Crippen MR) is 167 cm³/mol. The Balaban J connectivity index is 1.24. The molecule has 216 valence electrons. The minimum absolute atomic E-state index is 0.0192. The van der Waals surface area contributed by atoms with Crippen molar-refractivity contribution in [1.82, 2.24) is 4.98 Å². The lowest BCUT2D eigenvalue weighted by atomic mass is 9.97. The van der Waals surface area contributed by atoms with Crippen LogP contribution in [0.2, 0.25) is 5.02 Å². The van der Waals surface area contributed by atoms with Gasteiger partial charge in [0.2, 0.25) is 5.79 Å². The van der Waals surface area contributed by atoms with E-state index < -0.39 is 11.8 Å². The largest absolute Gasteiger partial charge is 0.507 e. The third-order valence-electron chi connectivity index (χ3n) is 7.16. The summed E-state index contributed by atoms with van der Waals surface area (Å²) in [6, 6.07) is 27.7. The molecule has 0 fully saturated rings. The van der Waals surface area contributed by atoms with Crippen LogP contribution in [0.25, 0.3) is 44.3 Å². The molecule has 0 spiro atoms. The van der Waals surface area contributed by atoms with Crippen molar-refractivity contribution in [2.45, 2.75) is 26.1 Å². The predicted octanol–water partition coefficient (Wildman–Crippen LogP) is 7.60. The summed E-state index contributed by atoms with van der Waals surface area (Å²) in [6.45, 7) is 3.52. The number of phenols is 1. The molecule has 5 aromatic rings. The van der Waals surface area contributed by atoms with Crippen molar-refractivity contribution >= 4 is 28.5 Å². The van der Waals surface area contributed by atoms with Crippen LogP contribution in [0.5, 0.6) is 5.75 Å². The summed E-state index contributed by atoms with van der Waals surface area (Å²) in [4.78, 5) is 28.5. The summed E-state index contributed by atoms with van der Waals surface area (Å²) in [6.07, 6.45) is 1.48. The van der Waals surface area contributed by atoms with E-state index in [1.165, 1.54) is 6.26 Å². The number of aromatic hydroxyl groups is 1. The zero-order chi connectivity index (χ0) is 30.1. The number of carbonyl (C=O) groups excluding carboxylic acids is 1. The minimum atomic E-state index is -0.771. The normalized spacial score (nSPS) is 13.7. The number of para-hydroxylation sites is 1. The van der Waals surface area contributed by atoms with Crippen LogP contribution in [-0.2, 0) is 25.4 Å². The van der Waals surface area contributed by atoms with Crippen molar-refractivity contribution in [1.29, 1.82) is 0 Å². The molecule has 1 aliphatic rings. The highest BCUT2D eigenvalue weighted by atomic mass is 35.5. The molecule has 7 nitrogen and oxygen atoms in total. The van der Waals surface area contributed by atoms with Crippen LogP contribution in [0.3, 0.4) is 0 Å². The quantitative estimate of drug-likeness (QED) is 0.189. The highest BCUT2D eigenvalue weighted by molar-refractivity contribution is 6.34. The molecule has 6 rings (SSSR count). The lowest BCUT2D eigenvalue weighted by Crippen LogP contribution is -2.21. The summed E-state index contributed by atoms with van der Waals surface area (Å²) < 4.78 is 16.3. The van der Waals surface area contributed by atoms with Crippen molar-refractivity contribution in [3.05, 3.63) is 124 Å². The van der Waals surface area contributed by atoms with Gasteiger partial charge in [0.05, 0.1) is 11.4 Å². The molecule has 2 N–H and O–H groups in total. The Bertz CT molecular complexity index is 1940. The van der Waals surface area contributed by atoms with Gasteiger partial charge in [-0.3, -0.25) is 9.59 Å². The number of ether oxygens (including phenoxy) is 3. The van der Waals surface area contributed by atoms with Gasteiger partial charge < -0.3 is 24.3 Å². The summed E-state index contributed by atoms with van der Waals surface area (Å²) in [5.74, 6) is -0.535. The lowest BCUT2D eigenvalue weighted by Gasteiger charge is -2.18. The fourth-order valence-electron chi connectivity index (χ4n) is 5.06. The van der Waals surface area contributed by atoms with Crippen LogP contribution in [0.15, 0.2) is 108 Å². The van der Waals surface area contributed by atoms with Gasteiger partial charge in [0.1, 0.15) is 12.0 Å². The fourth-order valence-corrected chi connectivity index (χ4v) is 5.34. The Morgan fingerprint density at radius 1 is 0.884 bits per heavy atom. The molecule has 2 heterocycles. The van der Waals surface area contributed by atoms with E-state index in [-0.39, 0.29) is 24.3 Å². The number of pyridine rings is 1. The number of halogens is 1. The highest BCUT2D eigenvalue weighted by Crippen LogP contribution is 2.35. The number of aromatic amines is 1. The smallest absolute Gasteiger partial charge is 0.310 e. The van der Waals surface area contributed by atoms with E-state index in [4.69, 9.17) is 25.8 Å². The molecule has 0 saturated carbocycles. The van der Waals surface area contributed by atoms with E-state index in [1.807, 2.05) is 66.7 Å². The summed E-state index contributed by atoms with van der Waals surface area (Å²) in [7, 11) is 0. The Morgan fingerprint density at radius 2 is 1.60 bits per heavy atom. The zero-order valence-electron chi connectivity index (χ0n) is 23.5. The third-order valence-corrected chi connectivity index (χ3v) is 7.47. The third kappa shape index (κ3) is 6.12. The molecule has 0 radical (unpaired) electrons. The molecule has 0 atom stereocenters.